The predicted molar refractivity (Wildman–Crippen MR) is 87.0 cm³/mol. The number of carbonyl (C=O) groups excluding carboxylic acids is 1. The molecule has 0 saturated heterocycles. The van der Waals surface area contributed by atoms with Crippen LogP contribution in [0, 0.1) is 0 Å². The van der Waals surface area contributed by atoms with Crippen LogP contribution < -0.4 is 10.5 Å². The molecule has 0 aromatic heterocycles. The molecule has 0 aliphatic heterocycles. The van der Waals surface area contributed by atoms with Gasteiger partial charge in [-0.25, -0.2) is 13.6 Å². The van der Waals surface area contributed by atoms with Gasteiger partial charge >= 0.3 is 0 Å². The molecule has 1 rings (SSSR count). The zero-order chi connectivity index (χ0) is 16.4. The average Bonchev–Trinajstić information content (AvgIpc) is 2.29. The lowest BCUT2D eigenvalue weighted by molar-refractivity contribution is 0.0909. The minimum absolute atomic E-state index is 0.0687. The number of rotatable bonds is 5. The van der Waals surface area contributed by atoms with Crippen LogP contribution in [0.5, 0.6) is 0 Å². The fourth-order valence-corrected chi connectivity index (χ4v) is 3.33. The smallest absolute Gasteiger partial charge is 0.253 e. The highest BCUT2D eigenvalue weighted by Gasteiger charge is 2.24. The fraction of sp³-hybridized carbons (Fsp3) is 0.462. The van der Waals surface area contributed by atoms with Gasteiger partial charge in [-0.3, -0.25) is 4.79 Å². The summed E-state index contributed by atoms with van der Waals surface area (Å²) in [6, 6.07) is 2.45. The number of nitrogens with two attached hydrogens (primary N) is 1. The Kier molecular flexibility index (Phi) is 5.83. The van der Waals surface area contributed by atoms with Gasteiger partial charge in [0, 0.05) is 10.0 Å². The lowest BCUT2D eigenvalue weighted by Crippen LogP contribution is -2.43. The van der Waals surface area contributed by atoms with Gasteiger partial charge in [0.2, 0.25) is 10.0 Å². The van der Waals surface area contributed by atoms with E-state index in [-0.39, 0.29) is 15.5 Å². The number of carbonyl (C=O) groups is 1. The first kappa shape index (κ1) is 18.4. The van der Waals surface area contributed by atoms with Crippen LogP contribution in [-0.4, -0.2) is 19.9 Å². The quantitative estimate of drug-likeness (QED) is 0.800. The Morgan fingerprint density at radius 3 is 2.48 bits per heavy atom. The van der Waals surface area contributed by atoms with Crippen LogP contribution in [0.1, 0.15) is 44.0 Å². The third-order valence-corrected chi connectivity index (χ3v) is 5.06. The molecule has 0 fully saturated rings. The standard InChI is InChI=1S/C13H18BrClN2O3S/c1-4-5-13(2,3)17-12(18)9-6-8(21(16,19)20)7-10(14)11(9)15/h6-7H,4-5H2,1-3H3,(H,17,18)(H2,16,19,20). The molecule has 5 nitrogen and oxygen atoms in total. The molecule has 0 saturated carbocycles. The van der Waals surface area contributed by atoms with Gasteiger partial charge in [0.1, 0.15) is 0 Å². The summed E-state index contributed by atoms with van der Waals surface area (Å²) in [4.78, 5) is 12.2. The molecule has 21 heavy (non-hydrogen) atoms. The average molecular weight is 398 g/mol. The van der Waals surface area contributed by atoms with E-state index in [1.54, 1.807) is 0 Å². The Balaban J connectivity index is 3.24. The molecule has 1 aromatic rings. The lowest BCUT2D eigenvalue weighted by atomic mass is 9.98. The Hall–Kier alpha value is -0.630. The summed E-state index contributed by atoms with van der Waals surface area (Å²) >= 11 is 9.21. The largest absolute Gasteiger partial charge is 0.347 e. The lowest BCUT2D eigenvalue weighted by Gasteiger charge is -2.26. The van der Waals surface area contributed by atoms with Crippen molar-refractivity contribution in [3.63, 3.8) is 0 Å². The third kappa shape index (κ3) is 4.95. The van der Waals surface area contributed by atoms with Crippen LogP contribution >= 0.6 is 27.5 Å². The van der Waals surface area contributed by atoms with Crippen molar-refractivity contribution in [1.82, 2.24) is 5.32 Å². The van der Waals surface area contributed by atoms with E-state index in [1.807, 2.05) is 20.8 Å². The van der Waals surface area contributed by atoms with E-state index >= 15 is 0 Å². The summed E-state index contributed by atoms with van der Waals surface area (Å²) < 4.78 is 23.2. The van der Waals surface area contributed by atoms with Crippen LogP contribution in [-0.2, 0) is 10.0 Å². The number of amides is 1. The van der Waals surface area contributed by atoms with E-state index in [4.69, 9.17) is 16.7 Å². The second kappa shape index (κ2) is 6.64. The maximum atomic E-state index is 12.3. The molecule has 3 N–H and O–H groups in total. The normalized spacial score (nSPS) is 12.3. The summed E-state index contributed by atoms with van der Waals surface area (Å²) in [5, 5.41) is 8.08. The highest BCUT2D eigenvalue weighted by atomic mass is 79.9. The SMILES string of the molecule is CCCC(C)(C)NC(=O)c1cc(S(N)(=O)=O)cc(Br)c1Cl. The van der Waals surface area contributed by atoms with E-state index in [0.29, 0.717) is 4.47 Å². The van der Waals surface area contributed by atoms with Crippen LogP contribution in [0.2, 0.25) is 5.02 Å². The molecule has 0 spiro atoms. The fourth-order valence-electron chi connectivity index (χ4n) is 1.96. The Morgan fingerprint density at radius 1 is 1.43 bits per heavy atom. The summed E-state index contributed by atoms with van der Waals surface area (Å²) in [6.45, 7) is 5.79. The van der Waals surface area contributed by atoms with Crippen LogP contribution in [0.4, 0.5) is 0 Å². The molecule has 0 unspecified atom stereocenters. The number of nitrogens with one attached hydrogen (secondary N) is 1. The monoisotopic (exact) mass is 396 g/mol. The number of halogens is 2. The Bertz CT molecular complexity index is 660. The molecule has 118 valence electrons. The Morgan fingerprint density at radius 2 is 2.00 bits per heavy atom. The molecule has 0 radical (unpaired) electrons. The van der Waals surface area contributed by atoms with Gasteiger partial charge in [0.25, 0.3) is 5.91 Å². The number of benzene rings is 1. The van der Waals surface area contributed by atoms with Crippen molar-refractivity contribution in [1.29, 1.82) is 0 Å². The minimum atomic E-state index is -3.92. The van der Waals surface area contributed by atoms with Crippen molar-refractivity contribution in [2.24, 2.45) is 5.14 Å². The van der Waals surface area contributed by atoms with Crippen LogP contribution in [0.3, 0.4) is 0 Å². The van der Waals surface area contributed by atoms with Gasteiger partial charge in [-0.1, -0.05) is 24.9 Å². The van der Waals surface area contributed by atoms with Crippen LogP contribution in [0.15, 0.2) is 21.5 Å². The number of primary sulfonamides is 1. The summed E-state index contributed by atoms with van der Waals surface area (Å²) in [5.41, 5.74) is -0.349. The number of hydrogen-bond donors (Lipinski definition) is 2. The molecule has 0 heterocycles. The van der Waals surface area contributed by atoms with E-state index in [9.17, 15) is 13.2 Å². The molecular formula is C13H18BrClN2O3S. The molecule has 0 bridgehead atoms. The molecule has 0 aliphatic carbocycles. The van der Waals surface area contributed by atoms with Crippen LogP contribution in [0.25, 0.3) is 0 Å². The van der Waals surface area contributed by atoms with Gasteiger partial charge in [-0.05, 0) is 48.3 Å². The van der Waals surface area contributed by atoms with E-state index in [0.717, 1.165) is 12.8 Å². The zero-order valence-corrected chi connectivity index (χ0v) is 15.2. The second-order valence-corrected chi connectivity index (χ2v) is 8.19. The van der Waals surface area contributed by atoms with E-state index < -0.39 is 21.5 Å². The zero-order valence-electron chi connectivity index (χ0n) is 12.0. The molecule has 1 amide bonds. The summed E-state index contributed by atoms with van der Waals surface area (Å²) in [6.07, 6.45) is 1.69. The van der Waals surface area contributed by atoms with Gasteiger partial charge in [0.05, 0.1) is 15.5 Å². The summed E-state index contributed by atoms with van der Waals surface area (Å²) in [7, 11) is -3.92. The van der Waals surface area contributed by atoms with E-state index in [1.165, 1.54) is 12.1 Å². The van der Waals surface area contributed by atoms with Crippen molar-refractivity contribution < 1.29 is 13.2 Å². The van der Waals surface area contributed by atoms with Gasteiger partial charge < -0.3 is 5.32 Å². The highest BCUT2D eigenvalue weighted by Crippen LogP contribution is 2.30. The van der Waals surface area contributed by atoms with Crippen molar-refractivity contribution in [3.8, 4) is 0 Å². The number of hydrogen-bond acceptors (Lipinski definition) is 3. The van der Waals surface area contributed by atoms with Crippen molar-refractivity contribution in [2.75, 3.05) is 0 Å². The molecule has 1 aromatic carbocycles. The molecule has 8 heteroatoms. The predicted octanol–water partition coefficient (Wildman–Crippen LogP) is 3.06. The molecule has 0 aliphatic rings. The second-order valence-electron chi connectivity index (χ2n) is 5.40. The van der Waals surface area contributed by atoms with Crippen molar-refractivity contribution >= 4 is 43.5 Å². The molecule has 0 atom stereocenters. The van der Waals surface area contributed by atoms with Gasteiger partial charge in [0.15, 0.2) is 0 Å². The first-order chi connectivity index (χ1) is 9.48. The first-order valence-corrected chi connectivity index (χ1v) is 9.04. The van der Waals surface area contributed by atoms with Crippen molar-refractivity contribution in [2.45, 2.75) is 44.0 Å². The maximum Gasteiger partial charge on any atom is 0.253 e. The van der Waals surface area contributed by atoms with Gasteiger partial charge in [-0.15, -0.1) is 0 Å². The summed E-state index contributed by atoms with van der Waals surface area (Å²) in [5.74, 6) is -0.440. The topological polar surface area (TPSA) is 89.3 Å². The van der Waals surface area contributed by atoms with E-state index in [2.05, 4.69) is 21.2 Å². The minimum Gasteiger partial charge on any atom is -0.347 e. The van der Waals surface area contributed by atoms with Gasteiger partial charge in [-0.2, -0.15) is 0 Å². The first-order valence-electron chi connectivity index (χ1n) is 6.32. The number of sulfonamides is 1. The Labute approximate surface area is 138 Å². The van der Waals surface area contributed by atoms with Crippen molar-refractivity contribution in [3.05, 3.63) is 27.2 Å². The maximum absolute atomic E-state index is 12.3. The highest BCUT2D eigenvalue weighted by molar-refractivity contribution is 9.10. The molecular weight excluding hydrogens is 380 g/mol. The third-order valence-electron chi connectivity index (χ3n) is 2.90.